The van der Waals surface area contributed by atoms with Crippen LogP contribution >= 0.6 is 0 Å². The maximum Gasteiger partial charge on any atom is 0.228 e. The van der Waals surface area contributed by atoms with Gasteiger partial charge in [-0.1, -0.05) is 33.8 Å². The molecule has 1 aliphatic heterocycles. The van der Waals surface area contributed by atoms with Crippen LogP contribution in [0, 0.1) is 17.7 Å². The smallest absolute Gasteiger partial charge is 0.228 e. The fourth-order valence-corrected chi connectivity index (χ4v) is 4.80. The molecule has 2 amide bonds. The van der Waals surface area contributed by atoms with Gasteiger partial charge in [-0.25, -0.2) is 4.39 Å². The van der Waals surface area contributed by atoms with Crippen molar-refractivity contribution in [2.45, 2.75) is 59.9 Å². The summed E-state index contributed by atoms with van der Waals surface area (Å²) in [7, 11) is 0. The zero-order valence-corrected chi connectivity index (χ0v) is 22.3. The van der Waals surface area contributed by atoms with Crippen molar-refractivity contribution < 1.29 is 14.0 Å². The number of carbonyl (C=O) groups is 2. The fourth-order valence-electron chi connectivity index (χ4n) is 4.80. The topological polar surface area (TPSA) is 56.8 Å². The lowest BCUT2D eigenvalue weighted by Gasteiger charge is -2.32. The molecule has 0 spiro atoms. The Morgan fingerprint density at radius 1 is 0.944 bits per heavy atom. The number of benzene rings is 1. The monoisotopic (exact) mass is 496 g/mol. The molecule has 1 aromatic carbocycles. The van der Waals surface area contributed by atoms with Crippen molar-refractivity contribution in [2.75, 3.05) is 37.6 Å². The second kappa shape index (κ2) is 13.5. The van der Waals surface area contributed by atoms with Crippen molar-refractivity contribution in [2.24, 2.45) is 11.8 Å². The van der Waals surface area contributed by atoms with Gasteiger partial charge in [0.05, 0.1) is 6.42 Å². The molecule has 3 rings (SSSR count). The van der Waals surface area contributed by atoms with Gasteiger partial charge in [-0.15, -0.1) is 0 Å². The zero-order valence-electron chi connectivity index (χ0n) is 22.3. The molecule has 0 saturated heterocycles. The van der Waals surface area contributed by atoms with Crippen molar-refractivity contribution >= 4 is 17.5 Å². The van der Waals surface area contributed by atoms with Gasteiger partial charge in [-0.2, -0.15) is 0 Å². The van der Waals surface area contributed by atoms with E-state index in [2.05, 4.69) is 23.7 Å². The van der Waals surface area contributed by atoms with Crippen LogP contribution in [0.15, 0.2) is 42.6 Å². The van der Waals surface area contributed by atoms with Gasteiger partial charge in [-0.3, -0.25) is 14.6 Å². The van der Waals surface area contributed by atoms with E-state index in [1.165, 1.54) is 12.1 Å². The third kappa shape index (κ3) is 8.40. The van der Waals surface area contributed by atoms with Crippen molar-refractivity contribution in [1.82, 2.24) is 14.8 Å². The number of halogens is 1. The molecule has 0 unspecified atom stereocenters. The molecule has 6 nitrogen and oxygen atoms in total. The molecule has 0 fully saturated rings. The average Bonchev–Trinajstić information content (AvgIpc) is 2.80. The lowest BCUT2D eigenvalue weighted by atomic mass is 10.1. The number of hydrogen-bond donors (Lipinski definition) is 0. The van der Waals surface area contributed by atoms with Crippen LogP contribution in [0.5, 0.6) is 0 Å². The highest BCUT2D eigenvalue weighted by Gasteiger charge is 2.24. The van der Waals surface area contributed by atoms with Crippen molar-refractivity contribution in [3.05, 3.63) is 59.7 Å². The second-order valence-corrected chi connectivity index (χ2v) is 10.6. The van der Waals surface area contributed by atoms with Gasteiger partial charge < -0.3 is 14.7 Å². The van der Waals surface area contributed by atoms with Crippen molar-refractivity contribution in [3.8, 4) is 0 Å². The first kappa shape index (κ1) is 27.8. The zero-order chi connectivity index (χ0) is 26.1. The fraction of sp³-hybridized carbons (Fsp3) is 0.552. The summed E-state index contributed by atoms with van der Waals surface area (Å²) in [4.78, 5) is 37.1. The van der Waals surface area contributed by atoms with Crippen molar-refractivity contribution in [1.29, 1.82) is 0 Å². The van der Waals surface area contributed by atoms with Crippen LogP contribution < -0.4 is 4.90 Å². The first-order chi connectivity index (χ1) is 17.2. The maximum absolute atomic E-state index is 14.4. The predicted molar refractivity (Wildman–Crippen MR) is 142 cm³/mol. The summed E-state index contributed by atoms with van der Waals surface area (Å²) in [6.45, 7) is 12.6. The Balaban J connectivity index is 1.95. The first-order valence-electron chi connectivity index (χ1n) is 13.2. The number of aromatic nitrogens is 1. The lowest BCUT2D eigenvalue weighted by Crippen LogP contribution is -2.40. The summed E-state index contributed by atoms with van der Waals surface area (Å²) in [6, 6.07) is 10.1. The minimum atomic E-state index is -0.364. The van der Waals surface area contributed by atoms with Gasteiger partial charge in [0, 0.05) is 50.2 Å². The number of pyridine rings is 1. The quantitative estimate of drug-likeness (QED) is 0.570. The van der Waals surface area contributed by atoms with Gasteiger partial charge in [0.1, 0.15) is 5.82 Å². The predicted octanol–water partition coefficient (Wildman–Crippen LogP) is 4.92. The highest BCUT2D eigenvalue weighted by molar-refractivity contribution is 5.94. The average molecular weight is 497 g/mol. The van der Waals surface area contributed by atoms with E-state index in [9.17, 15) is 14.0 Å². The minimum Gasteiger partial charge on any atom is -0.338 e. The van der Waals surface area contributed by atoms with Crippen LogP contribution in [0.4, 0.5) is 10.1 Å². The molecule has 2 heterocycles. The van der Waals surface area contributed by atoms with Gasteiger partial charge in [0.25, 0.3) is 0 Å². The lowest BCUT2D eigenvalue weighted by molar-refractivity contribution is -0.131. The van der Waals surface area contributed by atoms with Crippen LogP contribution in [0.1, 0.15) is 58.2 Å². The highest BCUT2D eigenvalue weighted by atomic mass is 19.1. The summed E-state index contributed by atoms with van der Waals surface area (Å²) in [5.41, 5.74) is 2.08. The van der Waals surface area contributed by atoms with E-state index in [1.807, 2.05) is 36.9 Å². The summed E-state index contributed by atoms with van der Waals surface area (Å²) in [6.07, 6.45) is 3.98. The number of hydrogen-bond acceptors (Lipinski definition) is 4. The molecule has 0 aliphatic carbocycles. The van der Waals surface area contributed by atoms with Crippen LogP contribution in [0.2, 0.25) is 0 Å². The molecule has 1 aromatic heterocycles. The minimum absolute atomic E-state index is 0.0386. The Morgan fingerprint density at radius 3 is 2.36 bits per heavy atom. The Morgan fingerprint density at radius 2 is 1.69 bits per heavy atom. The second-order valence-electron chi connectivity index (χ2n) is 10.6. The molecule has 0 saturated carbocycles. The number of amides is 2. The van der Waals surface area contributed by atoms with Gasteiger partial charge >= 0.3 is 0 Å². The number of rotatable bonds is 6. The number of nitrogens with zero attached hydrogens (tertiary/aromatic N) is 4. The number of carbonyl (C=O) groups excluding carboxylic acids is 2. The summed E-state index contributed by atoms with van der Waals surface area (Å²) in [5, 5.41) is 0. The van der Waals surface area contributed by atoms with Crippen LogP contribution in [-0.2, 0) is 22.6 Å². The van der Waals surface area contributed by atoms with Gasteiger partial charge in [0.15, 0.2) is 0 Å². The largest absolute Gasteiger partial charge is 0.338 e. The number of fused-ring (bicyclic) bond motifs is 1. The molecular weight excluding hydrogens is 455 g/mol. The van der Waals surface area contributed by atoms with E-state index in [4.69, 9.17) is 0 Å². The van der Waals surface area contributed by atoms with E-state index < -0.39 is 0 Å². The summed E-state index contributed by atoms with van der Waals surface area (Å²) < 4.78 is 14.4. The highest BCUT2D eigenvalue weighted by Crippen LogP contribution is 2.26. The van der Waals surface area contributed by atoms with Crippen LogP contribution in [0.25, 0.3) is 0 Å². The molecule has 0 N–H and O–H groups in total. The molecule has 196 valence electrons. The van der Waals surface area contributed by atoms with E-state index >= 15 is 0 Å². The van der Waals surface area contributed by atoms with Crippen molar-refractivity contribution in [3.63, 3.8) is 0 Å². The standard InChI is InChI=1S/C29H41FN4O2/c1-22(2)17-29(36)34-16-8-14-32(20-23(3)4)13-7-15-33(21-24-18-25(30)10-11-27(24)34)28(35)19-26-9-5-6-12-31-26/h5-6,9-12,18,22-23H,7-8,13-17,19-21H2,1-4H3. The Bertz CT molecular complexity index is 996. The Hall–Kier alpha value is -2.80. The molecule has 7 heteroatoms. The Labute approximate surface area is 215 Å². The first-order valence-corrected chi connectivity index (χ1v) is 13.2. The van der Waals surface area contributed by atoms with E-state index in [0.717, 1.165) is 32.5 Å². The third-order valence-electron chi connectivity index (χ3n) is 6.37. The summed E-state index contributed by atoms with van der Waals surface area (Å²) >= 11 is 0. The molecule has 1 aliphatic rings. The normalized spacial score (nSPS) is 16.0. The molecule has 0 bridgehead atoms. The molecule has 36 heavy (non-hydrogen) atoms. The molecular formula is C29H41FN4O2. The van der Waals surface area contributed by atoms with Crippen LogP contribution in [-0.4, -0.2) is 59.3 Å². The molecule has 0 radical (unpaired) electrons. The van der Waals surface area contributed by atoms with Crippen LogP contribution in [0.3, 0.4) is 0 Å². The SMILES string of the molecule is CC(C)CC(=O)N1CCCN(CC(C)C)CCCN(C(=O)Cc2ccccn2)Cc2cc(F)ccc21. The number of anilines is 1. The van der Waals surface area contributed by atoms with Gasteiger partial charge in [0.2, 0.25) is 11.8 Å². The van der Waals surface area contributed by atoms with E-state index in [-0.39, 0.29) is 36.5 Å². The molecule has 2 aromatic rings. The third-order valence-corrected chi connectivity index (χ3v) is 6.37. The van der Waals surface area contributed by atoms with Gasteiger partial charge in [-0.05, 0) is 73.7 Å². The summed E-state index contributed by atoms with van der Waals surface area (Å²) in [5.74, 6) is 0.379. The van der Waals surface area contributed by atoms with E-state index in [0.29, 0.717) is 42.4 Å². The maximum atomic E-state index is 14.4. The molecule has 0 atom stereocenters. The Kier molecular flexibility index (Phi) is 10.4. The van der Waals surface area contributed by atoms with E-state index in [1.54, 1.807) is 17.2 Å².